The van der Waals surface area contributed by atoms with Gasteiger partial charge in [-0.05, 0) is 72.3 Å². The van der Waals surface area contributed by atoms with Gasteiger partial charge in [-0.2, -0.15) is 0 Å². The predicted molar refractivity (Wildman–Crippen MR) is 185 cm³/mol. The number of para-hydroxylation sites is 2. The van der Waals surface area contributed by atoms with Gasteiger partial charge in [-0.3, -0.25) is 24.0 Å². The molecular formula is C36H24ClN5O2S. The Balaban J connectivity index is 1.34. The number of hydrogen-bond acceptors (Lipinski definition) is 6. The van der Waals surface area contributed by atoms with Crippen molar-refractivity contribution >= 4 is 68.6 Å². The first-order valence-electron chi connectivity index (χ1n) is 14.2. The van der Waals surface area contributed by atoms with Crippen LogP contribution in [0, 0.1) is 0 Å². The molecule has 0 N–H and O–H groups in total. The molecule has 5 aromatic carbocycles. The van der Waals surface area contributed by atoms with Gasteiger partial charge in [-0.1, -0.05) is 84.0 Å². The van der Waals surface area contributed by atoms with E-state index in [1.807, 2.05) is 109 Å². The molecule has 0 radical (unpaired) electrons. The lowest BCUT2D eigenvalue weighted by Crippen LogP contribution is -2.30. The number of nitrogens with zero attached hydrogens (tertiary/aromatic N) is 5. The molecule has 2 heterocycles. The minimum absolute atomic E-state index is 0.149. The smallest absolute Gasteiger partial charge is 0.266 e. The highest BCUT2D eigenvalue weighted by atomic mass is 35.5. The summed E-state index contributed by atoms with van der Waals surface area (Å²) in [6.07, 6.45) is 1.81. The van der Waals surface area contributed by atoms with Crippen molar-refractivity contribution in [2.75, 3.05) is 10.7 Å². The second kappa shape index (κ2) is 12.4. The number of aliphatic imine (C=N–C) groups is 2. The van der Waals surface area contributed by atoms with Gasteiger partial charge < -0.3 is 0 Å². The average molecular weight is 626 g/mol. The summed E-state index contributed by atoms with van der Waals surface area (Å²) in [5.41, 5.74) is 4.51. The normalized spacial score (nSPS) is 14.2. The Labute approximate surface area is 268 Å². The molecule has 7 nitrogen and oxygen atoms in total. The standard InChI is InChI=1S/C36H24ClN5O2S/c37-30-20-19-28(21-32(30)42-33(43)23-45-36(42)39-27-11-5-2-6-12-27)41-34(40-31-14-8-7-13-29(31)35(41)44)25-15-17-26(18-16-25)38-22-24-9-3-1-4-10-24/h1-22H,23H2. The fourth-order valence-corrected chi connectivity index (χ4v) is 6.14. The minimum Gasteiger partial charge on any atom is -0.273 e. The topological polar surface area (TPSA) is 79.9 Å². The number of amidine groups is 1. The van der Waals surface area contributed by atoms with E-state index in [0.717, 1.165) is 22.5 Å². The van der Waals surface area contributed by atoms with Crippen molar-refractivity contribution in [1.82, 2.24) is 9.55 Å². The average Bonchev–Trinajstić information content (AvgIpc) is 3.44. The van der Waals surface area contributed by atoms with Crippen LogP contribution in [0.5, 0.6) is 0 Å². The van der Waals surface area contributed by atoms with Gasteiger partial charge in [0.05, 0.1) is 44.4 Å². The van der Waals surface area contributed by atoms with Crippen LogP contribution in [0.4, 0.5) is 17.1 Å². The zero-order chi connectivity index (χ0) is 30.8. The van der Waals surface area contributed by atoms with Crippen LogP contribution in [0.2, 0.25) is 5.02 Å². The number of rotatable bonds is 6. The summed E-state index contributed by atoms with van der Waals surface area (Å²) in [6.45, 7) is 0. The Morgan fingerprint density at radius 1 is 0.778 bits per heavy atom. The Hall–Kier alpha value is -5.31. The summed E-state index contributed by atoms with van der Waals surface area (Å²) < 4.78 is 1.56. The van der Waals surface area contributed by atoms with Crippen LogP contribution in [-0.2, 0) is 4.79 Å². The van der Waals surface area contributed by atoms with Crippen LogP contribution in [0.25, 0.3) is 28.0 Å². The lowest BCUT2D eigenvalue weighted by molar-refractivity contribution is -0.115. The molecule has 0 unspecified atom stereocenters. The van der Waals surface area contributed by atoms with Gasteiger partial charge >= 0.3 is 0 Å². The molecule has 1 aliphatic heterocycles. The molecule has 9 heteroatoms. The van der Waals surface area contributed by atoms with E-state index in [0.29, 0.717) is 38.3 Å². The summed E-state index contributed by atoms with van der Waals surface area (Å²) in [5.74, 6) is 0.532. The van der Waals surface area contributed by atoms with E-state index in [4.69, 9.17) is 21.6 Å². The second-order valence-corrected chi connectivity index (χ2v) is 11.5. The fourth-order valence-electron chi connectivity index (χ4n) is 5.06. The number of fused-ring (bicyclic) bond motifs is 1. The van der Waals surface area contributed by atoms with Gasteiger partial charge in [0.15, 0.2) is 5.17 Å². The molecule has 1 fully saturated rings. The summed E-state index contributed by atoms with van der Waals surface area (Å²) in [5, 5.41) is 1.35. The molecule has 0 bridgehead atoms. The summed E-state index contributed by atoms with van der Waals surface area (Å²) in [4.78, 5) is 43.0. The van der Waals surface area contributed by atoms with Gasteiger partial charge in [-0.25, -0.2) is 9.98 Å². The number of thioether (sulfide) groups is 1. The third kappa shape index (κ3) is 5.81. The molecular weight excluding hydrogens is 602 g/mol. The number of anilines is 1. The van der Waals surface area contributed by atoms with E-state index in [1.54, 1.807) is 28.8 Å². The van der Waals surface area contributed by atoms with Crippen LogP contribution in [-0.4, -0.2) is 32.6 Å². The zero-order valence-electron chi connectivity index (χ0n) is 23.7. The van der Waals surface area contributed by atoms with Crippen LogP contribution < -0.4 is 10.5 Å². The number of benzene rings is 5. The molecule has 0 atom stereocenters. The van der Waals surface area contributed by atoms with E-state index in [-0.39, 0.29) is 17.2 Å². The van der Waals surface area contributed by atoms with Crippen molar-refractivity contribution in [3.8, 4) is 17.1 Å². The molecule has 0 aliphatic carbocycles. The molecule has 0 spiro atoms. The Kier molecular flexibility index (Phi) is 7.82. The Morgan fingerprint density at radius 2 is 1.49 bits per heavy atom. The van der Waals surface area contributed by atoms with Gasteiger partial charge in [-0.15, -0.1) is 0 Å². The van der Waals surface area contributed by atoms with Gasteiger partial charge in [0, 0.05) is 11.8 Å². The first-order valence-corrected chi connectivity index (χ1v) is 15.5. The van der Waals surface area contributed by atoms with Crippen LogP contribution >= 0.6 is 23.4 Å². The van der Waals surface area contributed by atoms with Crippen molar-refractivity contribution < 1.29 is 4.79 Å². The fraction of sp³-hybridized carbons (Fsp3) is 0.0278. The summed E-state index contributed by atoms with van der Waals surface area (Å²) in [6, 6.07) is 39.3. The third-order valence-electron chi connectivity index (χ3n) is 7.24. The molecule has 1 amide bonds. The Bertz CT molecular complexity index is 2160. The Morgan fingerprint density at radius 3 is 2.27 bits per heavy atom. The molecule has 7 rings (SSSR count). The van der Waals surface area contributed by atoms with E-state index < -0.39 is 0 Å². The first-order chi connectivity index (χ1) is 22.0. The zero-order valence-corrected chi connectivity index (χ0v) is 25.3. The van der Waals surface area contributed by atoms with Crippen molar-refractivity contribution in [3.63, 3.8) is 0 Å². The van der Waals surface area contributed by atoms with Crippen molar-refractivity contribution in [1.29, 1.82) is 0 Å². The molecule has 45 heavy (non-hydrogen) atoms. The quantitative estimate of drug-likeness (QED) is 0.175. The number of carbonyl (C=O) groups excluding carboxylic acids is 1. The van der Waals surface area contributed by atoms with E-state index in [2.05, 4.69) is 4.99 Å². The van der Waals surface area contributed by atoms with E-state index in [9.17, 15) is 9.59 Å². The lowest BCUT2D eigenvalue weighted by Gasteiger charge is -2.20. The second-order valence-electron chi connectivity index (χ2n) is 10.2. The van der Waals surface area contributed by atoms with Gasteiger partial charge in [0.2, 0.25) is 5.91 Å². The summed E-state index contributed by atoms with van der Waals surface area (Å²) >= 11 is 8.05. The first kappa shape index (κ1) is 28.5. The van der Waals surface area contributed by atoms with Crippen molar-refractivity contribution in [2.45, 2.75) is 0 Å². The maximum absolute atomic E-state index is 14.1. The number of carbonyl (C=O) groups is 1. The minimum atomic E-state index is -0.240. The molecule has 218 valence electrons. The lowest BCUT2D eigenvalue weighted by atomic mass is 10.1. The maximum atomic E-state index is 14.1. The van der Waals surface area contributed by atoms with Gasteiger partial charge in [0.25, 0.3) is 5.56 Å². The highest BCUT2D eigenvalue weighted by molar-refractivity contribution is 8.15. The number of aromatic nitrogens is 2. The van der Waals surface area contributed by atoms with Crippen molar-refractivity contribution in [2.24, 2.45) is 9.98 Å². The largest absolute Gasteiger partial charge is 0.273 e. The monoisotopic (exact) mass is 625 g/mol. The van der Waals surface area contributed by atoms with E-state index >= 15 is 0 Å². The molecule has 1 aliphatic rings. The van der Waals surface area contributed by atoms with Crippen molar-refractivity contribution in [3.05, 3.63) is 148 Å². The van der Waals surface area contributed by atoms with Crippen LogP contribution in [0.3, 0.4) is 0 Å². The predicted octanol–water partition coefficient (Wildman–Crippen LogP) is 8.22. The SMILES string of the molecule is O=C1CSC(=Nc2ccccc2)N1c1cc(-n2c(-c3ccc(N=Cc4ccccc4)cc3)nc3ccccc3c2=O)ccc1Cl. The van der Waals surface area contributed by atoms with E-state index in [1.165, 1.54) is 16.7 Å². The molecule has 0 saturated carbocycles. The number of halogens is 1. The molecule has 6 aromatic rings. The van der Waals surface area contributed by atoms with Gasteiger partial charge in [0.1, 0.15) is 5.82 Å². The number of amides is 1. The third-order valence-corrected chi connectivity index (χ3v) is 8.48. The van der Waals surface area contributed by atoms with Crippen LogP contribution in [0.1, 0.15) is 5.56 Å². The van der Waals surface area contributed by atoms with Crippen LogP contribution in [0.15, 0.2) is 142 Å². The molecule has 1 saturated heterocycles. The highest BCUT2D eigenvalue weighted by Gasteiger charge is 2.32. The maximum Gasteiger partial charge on any atom is 0.266 e. The molecule has 1 aromatic heterocycles. The highest BCUT2D eigenvalue weighted by Crippen LogP contribution is 2.36. The number of hydrogen-bond donors (Lipinski definition) is 0. The summed E-state index contributed by atoms with van der Waals surface area (Å²) in [7, 11) is 0.